The smallest absolute Gasteiger partial charge is 0.251 e. The molecule has 2 bridgehead atoms. The highest BCUT2D eigenvalue weighted by Gasteiger charge is 2.76. The molecule has 3 unspecified atom stereocenters. The number of aliphatic hydroxyl groups is 1. The fourth-order valence-corrected chi connectivity index (χ4v) is 9.71. The van der Waals surface area contributed by atoms with E-state index < -0.39 is 28.7 Å². The van der Waals surface area contributed by atoms with E-state index in [9.17, 15) is 19.5 Å². The van der Waals surface area contributed by atoms with Crippen molar-refractivity contribution in [3.63, 3.8) is 0 Å². The fourth-order valence-electron chi connectivity index (χ4n) is 7.08. The van der Waals surface area contributed by atoms with E-state index in [4.69, 9.17) is 11.6 Å². The Balaban J connectivity index is 1.62. The molecule has 0 aliphatic carbocycles. The first kappa shape index (κ1) is 29.4. The van der Waals surface area contributed by atoms with Crippen LogP contribution in [0, 0.1) is 17.8 Å². The highest BCUT2D eigenvalue weighted by molar-refractivity contribution is 8.02. The summed E-state index contributed by atoms with van der Waals surface area (Å²) >= 11 is 8.16. The first-order chi connectivity index (χ1) is 19.7. The number of aliphatic hydroxyl groups excluding tert-OH is 1. The van der Waals surface area contributed by atoms with Gasteiger partial charge in [-0.05, 0) is 43.5 Å². The van der Waals surface area contributed by atoms with Crippen LogP contribution in [0.1, 0.15) is 20.3 Å². The van der Waals surface area contributed by atoms with Crippen LogP contribution in [0.2, 0.25) is 5.02 Å². The zero-order valence-corrected chi connectivity index (χ0v) is 24.9. The number of likely N-dealkylation sites (tertiary alicyclic amines) is 1. The van der Waals surface area contributed by atoms with Gasteiger partial charge in [0.1, 0.15) is 6.04 Å². The largest absolute Gasteiger partial charge is 0.394 e. The standard InChI is InChI=1S/C32H36ClN3O4S/c1-5-16-34(22-12-8-7-9-13-22)29(38)26-25-18-20(3)32(41-25)27(26)30(39)36(21(4)19-37)28(32)31(40)35(17-6-2)24-15-11-10-14-23(24)33/h5-15,20-21,25-28,37H,1-2,16-19H2,3-4H3/t20?,21-,25-,26+,27+,28?,32?/m1/s1. The molecule has 1 N–H and O–H groups in total. The molecule has 3 heterocycles. The Kier molecular flexibility index (Phi) is 8.37. The maximum Gasteiger partial charge on any atom is 0.251 e. The Morgan fingerprint density at radius 3 is 2.37 bits per heavy atom. The maximum absolute atomic E-state index is 14.7. The third kappa shape index (κ3) is 4.60. The quantitative estimate of drug-likeness (QED) is 0.401. The van der Waals surface area contributed by atoms with Crippen LogP contribution in [0.15, 0.2) is 79.9 Å². The van der Waals surface area contributed by atoms with Gasteiger partial charge in [-0.3, -0.25) is 14.4 Å². The Morgan fingerprint density at radius 1 is 1.10 bits per heavy atom. The molecule has 0 saturated carbocycles. The topological polar surface area (TPSA) is 81.2 Å². The summed E-state index contributed by atoms with van der Waals surface area (Å²) in [7, 11) is 0. The molecule has 7 atom stereocenters. The van der Waals surface area contributed by atoms with E-state index in [0.29, 0.717) is 23.7 Å². The van der Waals surface area contributed by atoms with Gasteiger partial charge in [-0.15, -0.1) is 24.9 Å². The van der Waals surface area contributed by atoms with Crippen molar-refractivity contribution in [3.8, 4) is 0 Å². The summed E-state index contributed by atoms with van der Waals surface area (Å²) < 4.78 is -0.834. The summed E-state index contributed by atoms with van der Waals surface area (Å²) in [5.41, 5.74) is 1.27. The van der Waals surface area contributed by atoms with E-state index in [0.717, 1.165) is 5.69 Å². The molecule has 1 spiro atoms. The number of halogens is 1. The molecule has 41 heavy (non-hydrogen) atoms. The van der Waals surface area contributed by atoms with Crippen LogP contribution >= 0.6 is 23.4 Å². The molecular weight excluding hydrogens is 558 g/mol. The summed E-state index contributed by atoms with van der Waals surface area (Å²) in [6.07, 6.45) is 4.03. The summed E-state index contributed by atoms with van der Waals surface area (Å²) in [6, 6.07) is 15.0. The lowest BCUT2D eigenvalue weighted by molar-refractivity contribution is -0.141. The van der Waals surface area contributed by atoms with Gasteiger partial charge in [0, 0.05) is 24.0 Å². The van der Waals surface area contributed by atoms with Crippen molar-refractivity contribution in [2.45, 2.75) is 42.3 Å². The molecule has 3 aliphatic rings. The maximum atomic E-state index is 14.7. The molecule has 3 aliphatic heterocycles. The van der Waals surface area contributed by atoms with Crippen LogP contribution in [-0.2, 0) is 14.4 Å². The predicted octanol–water partition coefficient (Wildman–Crippen LogP) is 4.80. The van der Waals surface area contributed by atoms with Gasteiger partial charge < -0.3 is 19.8 Å². The number of hydrogen-bond acceptors (Lipinski definition) is 5. The van der Waals surface area contributed by atoms with Crippen LogP contribution < -0.4 is 9.80 Å². The van der Waals surface area contributed by atoms with E-state index >= 15 is 0 Å². The SMILES string of the molecule is C=CCN(C(=O)[C@@H]1[C@H]2C(=O)N([C@H](C)CO)C(C(=O)N(CC=C)c3ccccc3Cl)C23S[C@@H]1CC3C)c1ccccc1. The molecule has 3 saturated heterocycles. The number of rotatable bonds is 10. The third-order valence-electron chi connectivity index (χ3n) is 8.81. The summed E-state index contributed by atoms with van der Waals surface area (Å²) in [6.45, 7) is 11.7. The molecular formula is C32H36ClN3O4S. The molecule has 2 aromatic carbocycles. The zero-order valence-electron chi connectivity index (χ0n) is 23.4. The van der Waals surface area contributed by atoms with E-state index in [1.54, 1.807) is 63.7 Å². The summed E-state index contributed by atoms with van der Waals surface area (Å²) in [5, 5.41) is 10.5. The lowest BCUT2D eigenvalue weighted by atomic mass is 9.65. The second-order valence-electron chi connectivity index (χ2n) is 11.1. The minimum absolute atomic E-state index is 0.0123. The minimum atomic E-state index is -0.884. The van der Waals surface area contributed by atoms with Crippen LogP contribution in [0.4, 0.5) is 11.4 Å². The van der Waals surface area contributed by atoms with Crippen LogP contribution in [0.25, 0.3) is 0 Å². The molecule has 3 fully saturated rings. The number of fused-ring (bicyclic) bond motifs is 1. The van der Waals surface area contributed by atoms with E-state index in [1.165, 1.54) is 0 Å². The Morgan fingerprint density at radius 2 is 1.73 bits per heavy atom. The molecule has 0 radical (unpaired) electrons. The Bertz CT molecular complexity index is 1360. The van der Waals surface area contributed by atoms with Gasteiger partial charge >= 0.3 is 0 Å². The fraction of sp³-hybridized carbons (Fsp3) is 0.406. The second kappa shape index (κ2) is 11.7. The molecule has 0 aromatic heterocycles. The highest BCUT2D eigenvalue weighted by atomic mass is 35.5. The molecule has 2 aromatic rings. The Labute approximate surface area is 250 Å². The molecule has 5 rings (SSSR count). The number of para-hydroxylation sites is 2. The zero-order chi connectivity index (χ0) is 29.5. The lowest BCUT2D eigenvalue weighted by Gasteiger charge is -2.42. The van der Waals surface area contributed by atoms with Crippen LogP contribution in [0.5, 0.6) is 0 Å². The highest BCUT2D eigenvalue weighted by Crippen LogP contribution is 2.69. The van der Waals surface area contributed by atoms with Gasteiger partial charge in [0.15, 0.2) is 0 Å². The predicted molar refractivity (Wildman–Crippen MR) is 165 cm³/mol. The summed E-state index contributed by atoms with van der Waals surface area (Å²) in [4.78, 5) is 48.3. The number of amides is 3. The van der Waals surface area contributed by atoms with Crippen LogP contribution in [-0.4, -0.2) is 69.5 Å². The van der Waals surface area contributed by atoms with Crippen molar-refractivity contribution in [1.29, 1.82) is 0 Å². The number of hydrogen-bond donors (Lipinski definition) is 1. The van der Waals surface area contributed by atoms with Crippen molar-refractivity contribution in [1.82, 2.24) is 4.90 Å². The van der Waals surface area contributed by atoms with Gasteiger partial charge in [0.25, 0.3) is 5.91 Å². The number of benzene rings is 2. The summed E-state index contributed by atoms with van der Waals surface area (Å²) in [5.74, 6) is -2.00. The van der Waals surface area contributed by atoms with Crippen molar-refractivity contribution < 1.29 is 19.5 Å². The van der Waals surface area contributed by atoms with Gasteiger partial charge in [-0.2, -0.15) is 0 Å². The monoisotopic (exact) mass is 593 g/mol. The average Bonchev–Trinajstić information content (AvgIpc) is 3.58. The van der Waals surface area contributed by atoms with Crippen LogP contribution in [0.3, 0.4) is 0 Å². The van der Waals surface area contributed by atoms with E-state index in [2.05, 4.69) is 20.1 Å². The van der Waals surface area contributed by atoms with Crippen molar-refractivity contribution in [2.75, 3.05) is 29.5 Å². The molecule has 9 heteroatoms. The van der Waals surface area contributed by atoms with Crippen molar-refractivity contribution in [2.24, 2.45) is 17.8 Å². The number of thioether (sulfide) groups is 1. The van der Waals surface area contributed by atoms with Crippen molar-refractivity contribution in [3.05, 3.63) is 84.9 Å². The van der Waals surface area contributed by atoms with Gasteiger partial charge in [0.2, 0.25) is 11.8 Å². The van der Waals surface area contributed by atoms with Gasteiger partial charge in [0.05, 0.1) is 39.9 Å². The van der Waals surface area contributed by atoms with Crippen molar-refractivity contribution >= 4 is 52.5 Å². The molecule has 7 nitrogen and oxygen atoms in total. The van der Waals surface area contributed by atoms with E-state index in [1.807, 2.05) is 36.4 Å². The average molecular weight is 594 g/mol. The molecule has 216 valence electrons. The first-order valence-electron chi connectivity index (χ1n) is 14.0. The first-order valence-corrected chi connectivity index (χ1v) is 15.2. The second-order valence-corrected chi connectivity index (χ2v) is 13.0. The lowest BCUT2D eigenvalue weighted by Crippen LogP contribution is -2.59. The Hall–Kier alpha value is -3.07. The van der Waals surface area contributed by atoms with E-state index in [-0.39, 0.29) is 42.0 Å². The number of nitrogens with zero attached hydrogens (tertiary/aromatic N) is 3. The third-order valence-corrected chi connectivity index (χ3v) is 11.2. The van der Waals surface area contributed by atoms with Gasteiger partial charge in [-0.1, -0.05) is 61.0 Å². The number of carbonyl (C=O) groups is 3. The number of anilines is 2. The van der Waals surface area contributed by atoms with Gasteiger partial charge in [-0.25, -0.2) is 0 Å². The minimum Gasteiger partial charge on any atom is -0.394 e. The number of carbonyl (C=O) groups excluding carboxylic acids is 3. The molecule has 3 amide bonds. The normalized spacial score (nSPS) is 28.7.